The fourth-order valence-electron chi connectivity index (χ4n) is 8.55. The molecule has 2 aliphatic heterocycles. The SMILES string of the molecule is OC(c1ccccc1)(c1ccccc1)[C@@H]1COC(C2(C3=N[C@H](C(O)(c4ccccc4)c4ccccc4)CO3)Cc3ccccc3-c3ccccc3C2)=N1. The molecular weight excluding hydrogens is 657 g/mol. The molecule has 0 saturated heterocycles. The van der Waals surface area contributed by atoms with E-state index < -0.39 is 28.7 Å². The lowest BCUT2D eigenvalue weighted by Crippen LogP contribution is -2.44. The van der Waals surface area contributed by atoms with Crippen molar-refractivity contribution in [2.24, 2.45) is 15.4 Å². The minimum Gasteiger partial charge on any atom is -0.478 e. The van der Waals surface area contributed by atoms with Gasteiger partial charge in [0, 0.05) is 0 Å². The van der Waals surface area contributed by atoms with Crippen LogP contribution in [-0.2, 0) is 33.5 Å². The molecule has 0 spiro atoms. The van der Waals surface area contributed by atoms with Crippen molar-refractivity contribution in [1.29, 1.82) is 0 Å². The summed E-state index contributed by atoms with van der Waals surface area (Å²) in [5.74, 6) is 0.948. The third kappa shape index (κ3) is 5.49. The number of ether oxygens (including phenoxy) is 2. The summed E-state index contributed by atoms with van der Waals surface area (Å²) in [5.41, 5.74) is 3.56. The van der Waals surface area contributed by atoms with Crippen molar-refractivity contribution < 1.29 is 19.7 Å². The Bertz CT molecular complexity index is 2050. The van der Waals surface area contributed by atoms with Gasteiger partial charge in [-0.1, -0.05) is 170 Å². The number of nitrogens with zero attached hydrogens (tertiary/aromatic N) is 2. The van der Waals surface area contributed by atoms with E-state index >= 15 is 0 Å². The lowest BCUT2D eigenvalue weighted by atomic mass is 9.76. The largest absolute Gasteiger partial charge is 0.478 e. The van der Waals surface area contributed by atoms with Gasteiger partial charge in [0.15, 0.2) is 11.8 Å². The van der Waals surface area contributed by atoms with E-state index in [9.17, 15) is 10.2 Å². The average molecular weight is 697 g/mol. The molecule has 2 atom stereocenters. The Morgan fingerprint density at radius 2 is 0.736 bits per heavy atom. The lowest BCUT2D eigenvalue weighted by Gasteiger charge is -2.33. The van der Waals surface area contributed by atoms with Gasteiger partial charge in [-0.15, -0.1) is 0 Å². The zero-order chi connectivity index (χ0) is 35.9. The molecule has 0 unspecified atom stereocenters. The maximum absolute atomic E-state index is 12.8. The molecular formula is C47H40N2O4. The normalized spacial score (nSPS) is 19.1. The Morgan fingerprint density at radius 3 is 1.08 bits per heavy atom. The molecule has 53 heavy (non-hydrogen) atoms. The summed E-state index contributed by atoms with van der Waals surface area (Å²) in [6.07, 6.45) is 0.998. The summed E-state index contributed by atoms with van der Waals surface area (Å²) in [6.45, 7) is 0.324. The van der Waals surface area contributed by atoms with E-state index in [1.807, 2.05) is 121 Å². The van der Waals surface area contributed by atoms with Crippen molar-refractivity contribution in [2.45, 2.75) is 36.1 Å². The molecule has 9 rings (SSSR count). The number of hydrogen-bond donors (Lipinski definition) is 2. The second-order valence-corrected chi connectivity index (χ2v) is 14.3. The zero-order valence-corrected chi connectivity index (χ0v) is 29.3. The smallest absolute Gasteiger partial charge is 0.200 e. The number of aliphatic imine (C=N–C) groups is 2. The fourth-order valence-corrected chi connectivity index (χ4v) is 8.55. The standard InChI is InChI=1S/C47H40N2O4/c50-46(35-19-5-1-6-20-35,36-21-7-2-8-22-36)41-31-52-43(48-41)45(29-33-17-13-15-27-39(33)40-28-16-14-18-34(40)30-45)44-49-42(32-53-44)47(51,37-23-9-3-10-24-37)38-25-11-4-12-26-38/h1-28,41-42,50-51H,29-32H2/t41-,42-/m0/s1. The van der Waals surface area contributed by atoms with Gasteiger partial charge in [-0.3, -0.25) is 0 Å². The maximum atomic E-state index is 12.8. The Labute approximate surface area is 309 Å². The quantitative estimate of drug-likeness (QED) is 0.170. The summed E-state index contributed by atoms with van der Waals surface area (Å²) >= 11 is 0. The van der Waals surface area contributed by atoms with Gasteiger partial charge in [-0.2, -0.15) is 0 Å². The van der Waals surface area contributed by atoms with Crippen molar-refractivity contribution >= 4 is 11.8 Å². The van der Waals surface area contributed by atoms with Gasteiger partial charge in [0.05, 0.1) is 0 Å². The number of fused-ring (bicyclic) bond motifs is 3. The second-order valence-electron chi connectivity index (χ2n) is 14.3. The van der Waals surface area contributed by atoms with Crippen molar-refractivity contribution in [1.82, 2.24) is 0 Å². The Morgan fingerprint density at radius 1 is 0.434 bits per heavy atom. The van der Waals surface area contributed by atoms with Crippen LogP contribution in [0.5, 0.6) is 0 Å². The van der Waals surface area contributed by atoms with Gasteiger partial charge < -0.3 is 19.7 Å². The Kier molecular flexibility index (Phi) is 8.29. The van der Waals surface area contributed by atoms with E-state index in [-0.39, 0.29) is 13.2 Å². The van der Waals surface area contributed by atoms with Crippen LogP contribution in [0.1, 0.15) is 33.4 Å². The molecule has 0 saturated carbocycles. The predicted octanol–water partition coefficient (Wildman–Crippen LogP) is 7.91. The topological polar surface area (TPSA) is 83.6 Å². The van der Waals surface area contributed by atoms with Crippen molar-refractivity contribution in [3.05, 3.63) is 203 Å². The van der Waals surface area contributed by atoms with Crippen molar-refractivity contribution in [3.8, 4) is 11.1 Å². The lowest BCUT2D eigenvalue weighted by molar-refractivity contribution is 0.0421. The van der Waals surface area contributed by atoms with E-state index in [2.05, 4.69) is 48.5 Å². The van der Waals surface area contributed by atoms with Crippen LogP contribution in [0.4, 0.5) is 0 Å². The highest BCUT2D eigenvalue weighted by Gasteiger charge is 2.55. The van der Waals surface area contributed by atoms with Gasteiger partial charge in [-0.25, -0.2) is 9.98 Å². The first-order valence-electron chi connectivity index (χ1n) is 18.3. The van der Waals surface area contributed by atoms with Gasteiger partial charge in [0.25, 0.3) is 0 Å². The molecule has 0 bridgehead atoms. The molecule has 1 aliphatic carbocycles. The first-order chi connectivity index (χ1) is 26.0. The van der Waals surface area contributed by atoms with E-state index in [1.165, 1.54) is 0 Å². The molecule has 2 heterocycles. The van der Waals surface area contributed by atoms with Crippen LogP contribution in [0, 0.1) is 5.41 Å². The second kappa shape index (κ2) is 13.3. The monoisotopic (exact) mass is 696 g/mol. The van der Waals surface area contributed by atoms with Gasteiger partial charge in [0.1, 0.15) is 41.9 Å². The van der Waals surface area contributed by atoms with Crippen LogP contribution in [0.25, 0.3) is 11.1 Å². The first-order valence-corrected chi connectivity index (χ1v) is 18.3. The summed E-state index contributed by atoms with van der Waals surface area (Å²) < 4.78 is 13.5. The van der Waals surface area contributed by atoms with Gasteiger partial charge in [0.2, 0.25) is 0 Å². The van der Waals surface area contributed by atoms with Crippen LogP contribution < -0.4 is 0 Å². The van der Waals surface area contributed by atoms with Crippen LogP contribution in [0.15, 0.2) is 180 Å². The number of rotatable bonds is 8. The molecule has 0 radical (unpaired) electrons. The Balaban J connectivity index is 1.23. The summed E-state index contributed by atoms with van der Waals surface area (Å²) in [4.78, 5) is 10.7. The molecule has 0 fully saturated rings. The van der Waals surface area contributed by atoms with Crippen molar-refractivity contribution in [3.63, 3.8) is 0 Å². The zero-order valence-electron chi connectivity index (χ0n) is 29.3. The molecule has 6 aromatic carbocycles. The van der Waals surface area contributed by atoms with Gasteiger partial charge in [-0.05, 0) is 57.3 Å². The van der Waals surface area contributed by atoms with Gasteiger partial charge >= 0.3 is 0 Å². The molecule has 6 aromatic rings. The summed E-state index contributed by atoms with van der Waals surface area (Å²) in [6, 6.07) is 54.4. The minimum absolute atomic E-state index is 0.162. The summed E-state index contributed by atoms with van der Waals surface area (Å²) in [7, 11) is 0. The molecule has 0 aromatic heterocycles. The first kappa shape index (κ1) is 33.0. The Hall–Kier alpha value is -5.82. The van der Waals surface area contributed by atoms with Crippen molar-refractivity contribution in [2.75, 3.05) is 13.2 Å². The number of benzene rings is 6. The molecule has 3 aliphatic rings. The number of aliphatic hydroxyl groups is 2. The molecule has 6 heteroatoms. The van der Waals surface area contributed by atoms with E-state index in [1.54, 1.807) is 0 Å². The van der Waals surface area contributed by atoms with Crippen LogP contribution in [0.2, 0.25) is 0 Å². The van der Waals surface area contributed by atoms with Crippen LogP contribution in [-0.4, -0.2) is 47.3 Å². The van der Waals surface area contributed by atoms with E-state index in [0.29, 0.717) is 24.6 Å². The van der Waals surface area contributed by atoms with Crippen LogP contribution >= 0.6 is 0 Å². The molecule has 2 N–H and O–H groups in total. The summed E-state index contributed by atoms with van der Waals surface area (Å²) in [5, 5.41) is 25.6. The van der Waals surface area contributed by atoms with E-state index in [4.69, 9.17) is 19.5 Å². The highest BCUT2D eigenvalue weighted by atomic mass is 16.5. The third-order valence-electron chi connectivity index (χ3n) is 11.3. The fraction of sp³-hybridized carbons (Fsp3) is 0.191. The maximum Gasteiger partial charge on any atom is 0.200 e. The highest BCUT2D eigenvalue weighted by molar-refractivity contribution is 6.07. The molecule has 0 amide bonds. The average Bonchev–Trinajstić information content (AvgIpc) is 3.92. The third-order valence-corrected chi connectivity index (χ3v) is 11.3. The predicted molar refractivity (Wildman–Crippen MR) is 208 cm³/mol. The number of hydrogen-bond acceptors (Lipinski definition) is 6. The minimum atomic E-state index is -1.46. The van der Waals surface area contributed by atoms with Crippen LogP contribution in [0.3, 0.4) is 0 Å². The highest BCUT2D eigenvalue weighted by Crippen LogP contribution is 2.47. The molecule has 262 valence electrons. The van der Waals surface area contributed by atoms with E-state index in [0.717, 1.165) is 44.5 Å². The molecule has 6 nitrogen and oxygen atoms in total.